The van der Waals surface area contributed by atoms with Crippen molar-refractivity contribution in [3.8, 4) is 0 Å². The number of para-hydroxylation sites is 1. The van der Waals surface area contributed by atoms with Gasteiger partial charge in [-0.3, -0.25) is 4.79 Å². The Hall–Kier alpha value is -1.84. The summed E-state index contributed by atoms with van der Waals surface area (Å²) in [5.41, 5.74) is 3.37. The van der Waals surface area contributed by atoms with Crippen LogP contribution in [0.1, 0.15) is 57.7 Å². The van der Waals surface area contributed by atoms with Crippen LogP contribution in [0.5, 0.6) is 0 Å². The highest BCUT2D eigenvalue weighted by atomic mass is 19.1. The number of fused-ring (bicyclic) bond motifs is 3. The molecule has 1 aliphatic rings. The van der Waals surface area contributed by atoms with Gasteiger partial charge in [-0.05, 0) is 58.6 Å². The number of halogens is 1. The van der Waals surface area contributed by atoms with Crippen molar-refractivity contribution in [1.29, 1.82) is 0 Å². The lowest BCUT2D eigenvalue weighted by Gasteiger charge is -2.35. The summed E-state index contributed by atoms with van der Waals surface area (Å²) in [4.78, 5) is 15.4. The summed E-state index contributed by atoms with van der Waals surface area (Å²) < 4.78 is 15.3. The molecular formula is C21H29FN2O. The highest BCUT2D eigenvalue weighted by Gasteiger charge is 2.35. The zero-order valence-electron chi connectivity index (χ0n) is 15.8. The summed E-state index contributed by atoms with van der Waals surface area (Å²) in [6.07, 6.45) is 2.79. The van der Waals surface area contributed by atoms with Gasteiger partial charge in [0.25, 0.3) is 0 Å². The lowest BCUT2D eigenvalue weighted by atomic mass is 9.83. The van der Waals surface area contributed by atoms with E-state index in [1.165, 1.54) is 0 Å². The van der Waals surface area contributed by atoms with Crippen molar-refractivity contribution >= 4 is 16.8 Å². The van der Waals surface area contributed by atoms with Crippen LogP contribution >= 0.6 is 0 Å². The quantitative estimate of drug-likeness (QED) is 0.773. The van der Waals surface area contributed by atoms with Gasteiger partial charge < -0.3 is 9.47 Å². The molecule has 3 nitrogen and oxygen atoms in total. The first kappa shape index (κ1) is 18.0. The number of benzene rings is 1. The molecule has 0 bridgehead atoms. The number of carbonyl (C=O) groups excluding carboxylic acids is 1. The molecule has 1 amide bonds. The average molecular weight is 344 g/mol. The molecule has 25 heavy (non-hydrogen) atoms. The minimum atomic E-state index is -0.381. The second-order valence-corrected chi connectivity index (χ2v) is 7.60. The number of aryl methyl sites for hydroxylation is 1. The highest BCUT2D eigenvalue weighted by Crippen LogP contribution is 2.40. The van der Waals surface area contributed by atoms with E-state index in [0.717, 1.165) is 41.4 Å². The second kappa shape index (κ2) is 7.19. The molecule has 136 valence electrons. The van der Waals surface area contributed by atoms with Gasteiger partial charge >= 0.3 is 0 Å². The zero-order chi connectivity index (χ0) is 18.1. The van der Waals surface area contributed by atoms with Crippen molar-refractivity contribution in [3.05, 3.63) is 35.5 Å². The topological polar surface area (TPSA) is 25.2 Å². The first-order valence-corrected chi connectivity index (χ1v) is 9.45. The molecular weight excluding hydrogens is 315 g/mol. The van der Waals surface area contributed by atoms with E-state index in [-0.39, 0.29) is 30.6 Å². The van der Waals surface area contributed by atoms with E-state index in [1.54, 1.807) is 0 Å². The third kappa shape index (κ3) is 3.07. The van der Waals surface area contributed by atoms with Crippen molar-refractivity contribution in [2.75, 3.05) is 6.67 Å². The van der Waals surface area contributed by atoms with Crippen molar-refractivity contribution in [1.82, 2.24) is 9.47 Å². The van der Waals surface area contributed by atoms with Crippen LogP contribution in [0.15, 0.2) is 24.3 Å². The first-order valence-electron chi connectivity index (χ1n) is 9.45. The van der Waals surface area contributed by atoms with Gasteiger partial charge in [0.2, 0.25) is 5.91 Å². The van der Waals surface area contributed by atoms with Crippen LogP contribution < -0.4 is 0 Å². The summed E-state index contributed by atoms with van der Waals surface area (Å²) in [7, 11) is 0. The van der Waals surface area contributed by atoms with E-state index in [4.69, 9.17) is 0 Å². The van der Waals surface area contributed by atoms with Crippen LogP contribution in [-0.2, 0) is 17.8 Å². The molecule has 0 saturated heterocycles. The smallest absolute Gasteiger partial charge is 0.230 e. The van der Waals surface area contributed by atoms with Gasteiger partial charge in [0.15, 0.2) is 0 Å². The molecule has 0 radical (unpaired) electrons. The Bertz CT molecular complexity index is 755. The van der Waals surface area contributed by atoms with Gasteiger partial charge in [0.1, 0.15) is 6.67 Å². The van der Waals surface area contributed by atoms with Gasteiger partial charge in [-0.2, -0.15) is 0 Å². The maximum absolute atomic E-state index is 13.4. The maximum atomic E-state index is 13.4. The van der Waals surface area contributed by atoms with Gasteiger partial charge in [-0.25, -0.2) is 4.39 Å². The molecule has 1 aliphatic carbocycles. The molecule has 2 aromatic rings. The fourth-order valence-corrected chi connectivity index (χ4v) is 4.53. The lowest BCUT2D eigenvalue weighted by molar-refractivity contribution is -0.136. The third-order valence-corrected chi connectivity index (χ3v) is 5.35. The molecule has 0 fully saturated rings. The molecule has 0 aliphatic heterocycles. The first-order chi connectivity index (χ1) is 12.0. The summed E-state index contributed by atoms with van der Waals surface area (Å²) in [6, 6.07) is 8.50. The second-order valence-electron chi connectivity index (χ2n) is 7.60. The SMILES string of the molecule is CC(C)N(C(=O)C1CCCc2c1c1ccccc1n2CCF)C(C)C. The van der Waals surface area contributed by atoms with E-state index >= 15 is 0 Å². The highest BCUT2D eigenvalue weighted by molar-refractivity contribution is 5.94. The Labute approximate surface area is 149 Å². The van der Waals surface area contributed by atoms with E-state index < -0.39 is 0 Å². The summed E-state index contributed by atoms with van der Waals surface area (Å²) in [5, 5.41) is 1.12. The largest absolute Gasteiger partial charge is 0.342 e. The molecule has 1 unspecified atom stereocenters. The van der Waals surface area contributed by atoms with Crippen molar-refractivity contribution in [2.24, 2.45) is 0 Å². The van der Waals surface area contributed by atoms with Crippen molar-refractivity contribution in [3.63, 3.8) is 0 Å². The zero-order valence-corrected chi connectivity index (χ0v) is 15.8. The molecule has 1 aromatic carbocycles. The van der Waals surface area contributed by atoms with Gasteiger partial charge in [-0.15, -0.1) is 0 Å². The van der Waals surface area contributed by atoms with Crippen LogP contribution in [-0.4, -0.2) is 34.1 Å². The number of carbonyl (C=O) groups is 1. The monoisotopic (exact) mass is 344 g/mol. The van der Waals surface area contributed by atoms with Crippen molar-refractivity contribution in [2.45, 2.75) is 71.5 Å². The van der Waals surface area contributed by atoms with Gasteiger partial charge in [-0.1, -0.05) is 18.2 Å². The molecule has 0 saturated carbocycles. The van der Waals surface area contributed by atoms with Gasteiger partial charge in [0.05, 0.1) is 12.5 Å². The number of amides is 1. The Morgan fingerprint density at radius 1 is 1.24 bits per heavy atom. The van der Waals surface area contributed by atoms with Crippen LogP contribution in [0, 0.1) is 0 Å². The third-order valence-electron chi connectivity index (χ3n) is 5.35. The molecule has 1 heterocycles. The van der Waals surface area contributed by atoms with E-state index in [9.17, 15) is 9.18 Å². The predicted octanol–water partition coefficient (Wildman–Crippen LogP) is 4.68. The number of nitrogens with zero attached hydrogens (tertiary/aromatic N) is 2. The number of alkyl halides is 1. The fraction of sp³-hybridized carbons (Fsp3) is 0.571. The normalized spacial score (nSPS) is 17.3. The Balaban J connectivity index is 2.13. The van der Waals surface area contributed by atoms with Crippen LogP contribution in [0.2, 0.25) is 0 Å². The summed E-state index contributed by atoms with van der Waals surface area (Å²) in [5.74, 6) is 0.105. The molecule has 0 N–H and O–H groups in total. The Morgan fingerprint density at radius 2 is 1.92 bits per heavy atom. The predicted molar refractivity (Wildman–Crippen MR) is 101 cm³/mol. The Morgan fingerprint density at radius 3 is 2.56 bits per heavy atom. The lowest BCUT2D eigenvalue weighted by Crippen LogP contribution is -2.45. The fourth-order valence-electron chi connectivity index (χ4n) is 4.53. The van der Waals surface area contributed by atoms with Crippen LogP contribution in [0.4, 0.5) is 4.39 Å². The van der Waals surface area contributed by atoms with Gasteiger partial charge in [0, 0.05) is 28.7 Å². The maximum Gasteiger partial charge on any atom is 0.230 e. The number of hydrogen-bond donors (Lipinski definition) is 0. The minimum Gasteiger partial charge on any atom is -0.342 e. The molecule has 4 heteroatoms. The average Bonchev–Trinajstić information content (AvgIpc) is 2.89. The summed E-state index contributed by atoms with van der Waals surface area (Å²) >= 11 is 0. The standard InChI is InChI=1S/C21H29FN2O/c1-14(2)24(15(3)4)21(25)17-9-7-11-19-20(17)16-8-5-6-10-18(16)23(19)13-12-22/h5-6,8,10,14-15,17H,7,9,11-13H2,1-4H3. The van der Waals surface area contributed by atoms with Crippen molar-refractivity contribution < 1.29 is 9.18 Å². The van der Waals surface area contributed by atoms with E-state index in [1.807, 2.05) is 23.1 Å². The summed E-state index contributed by atoms with van der Waals surface area (Å²) in [6.45, 7) is 8.30. The molecule has 3 rings (SSSR count). The minimum absolute atomic E-state index is 0.112. The van der Waals surface area contributed by atoms with Crippen LogP contribution in [0.25, 0.3) is 10.9 Å². The number of rotatable bonds is 5. The van der Waals surface area contributed by atoms with Crippen LogP contribution in [0.3, 0.4) is 0 Å². The van der Waals surface area contributed by atoms with E-state index in [2.05, 4.69) is 38.3 Å². The van der Waals surface area contributed by atoms with E-state index in [0.29, 0.717) is 6.54 Å². The molecule has 1 aromatic heterocycles. The number of aromatic nitrogens is 1. The number of hydrogen-bond acceptors (Lipinski definition) is 1. The molecule has 0 spiro atoms. The Kier molecular flexibility index (Phi) is 5.16. The molecule has 1 atom stereocenters.